The summed E-state index contributed by atoms with van der Waals surface area (Å²) in [6, 6.07) is 6.38. The summed E-state index contributed by atoms with van der Waals surface area (Å²) >= 11 is 0. The Morgan fingerprint density at radius 1 is 0.920 bits per heavy atom. The van der Waals surface area contributed by atoms with Crippen LogP contribution in [-0.4, -0.2) is 54.0 Å². The lowest BCUT2D eigenvalue weighted by Gasteiger charge is -2.58. The van der Waals surface area contributed by atoms with Gasteiger partial charge in [0, 0.05) is 0 Å². The van der Waals surface area contributed by atoms with E-state index < -0.39 is 47.2 Å². The van der Waals surface area contributed by atoms with Crippen molar-refractivity contribution in [2.45, 2.75) is 166 Å². The van der Waals surface area contributed by atoms with E-state index in [1.807, 2.05) is 6.07 Å². The zero-order valence-corrected chi connectivity index (χ0v) is 33.6. The van der Waals surface area contributed by atoms with Crippen LogP contribution in [-0.2, 0) is 15.3 Å². The first-order valence-corrected chi connectivity index (χ1v) is 24.6. The number of methoxy groups -OCH3 is 1. The minimum absolute atomic E-state index is 0.0168. The third-order valence-electron chi connectivity index (χ3n) is 12.5. The van der Waals surface area contributed by atoms with Crippen LogP contribution in [0.2, 0.25) is 37.8 Å². The third kappa shape index (κ3) is 7.79. The molecule has 0 bridgehead atoms. The van der Waals surface area contributed by atoms with Crippen molar-refractivity contribution in [2.24, 2.45) is 16.7 Å². The second-order valence-electron chi connectivity index (χ2n) is 17.9. The van der Waals surface area contributed by atoms with Crippen molar-refractivity contribution in [2.75, 3.05) is 7.11 Å². The van der Waals surface area contributed by atoms with Crippen LogP contribution in [0.3, 0.4) is 0 Å². The standard InChI is InChI=1S/C38H59F7O3Si2/c1-33(2,3)50(9,10)48-31-19-18-30-34(31,4)23-21-29-28-17-16-27(46-5)25-26(28)20-24-35(29,30)22-14-12-11-13-15-32(47-49(6,7)8)36(39,40)37(41,42)38(43,44)45/h14,16-17,22,25,29-32H,11-13,15,18-21,23-24H2,1-10H3/t29-,30-,31+,32-,34+,35-/m1/s1. The Balaban J connectivity index is 1.57. The molecule has 0 aromatic heterocycles. The molecular weight excluding hydrogens is 694 g/mol. The molecule has 0 N–H and O–H groups in total. The van der Waals surface area contributed by atoms with E-state index in [-0.39, 0.29) is 34.3 Å². The molecule has 0 amide bonds. The molecule has 0 saturated heterocycles. The smallest absolute Gasteiger partial charge is 0.459 e. The second kappa shape index (κ2) is 14.1. The Bertz CT molecular complexity index is 1370. The largest absolute Gasteiger partial charge is 0.497 e. The van der Waals surface area contributed by atoms with Crippen LogP contribution in [0.5, 0.6) is 5.75 Å². The number of halogens is 7. The Morgan fingerprint density at radius 2 is 1.58 bits per heavy atom. The molecule has 0 aliphatic heterocycles. The molecule has 1 aromatic rings. The predicted molar refractivity (Wildman–Crippen MR) is 190 cm³/mol. The number of allylic oxidation sites excluding steroid dienone is 2. The van der Waals surface area contributed by atoms with Gasteiger partial charge in [-0.2, -0.15) is 30.7 Å². The summed E-state index contributed by atoms with van der Waals surface area (Å²) in [6.45, 7) is 18.3. The third-order valence-corrected chi connectivity index (χ3v) is 18.0. The van der Waals surface area contributed by atoms with Gasteiger partial charge in [0.15, 0.2) is 16.6 Å². The molecule has 4 rings (SSSR count). The van der Waals surface area contributed by atoms with Gasteiger partial charge in [0.1, 0.15) is 11.9 Å². The molecular formula is C38H59F7O3Si2. The molecule has 12 heteroatoms. The summed E-state index contributed by atoms with van der Waals surface area (Å²) < 4.78 is 115. The Kier molecular flexibility index (Phi) is 11.7. The number of benzene rings is 1. The van der Waals surface area contributed by atoms with Gasteiger partial charge < -0.3 is 13.6 Å². The minimum Gasteiger partial charge on any atom is -0.497 e. The molecule has 50 heavy (non-hydrogen) atoms. The van der Waals surface area contributed by atoms with Gasteiger partial charge in [0.25, 0.3) is 0 Å². The lowest BCUT2D eigenvalue weighted by atomic mass is 9.47. The van der Waals surface area contributed by atoms with Gasteiger partial charge in [-0.15, -0.1) is 0 Å². The van der Waals surface area contributed by atoms with Crippen LogP contribution >= 0.6 is 0 Å². The molecule has 0 unspecified atom stereocenters. The van der Waals surface area contributed by atoms with Crippen molar-refractivity contribution < 1.29 is 44.3 Å². The highest BCUT2D eigenvalue weighted by Gasteiger charge is 2.75. The molecule has 3 aliphatic rings. The summed E-state index contributed by atoms with van der Waals surface area (Å²) in [4.78, 5) is 0. The zero-order chi connectivity index (χ0) is 37.8. The van der Waals surface area contributed by atoms with Crippen molar-refractivity contribution in [3.8, 4) is 5.75 Å². The summed E-state index contributed by atoms with van der Waals surface area (Å²) in [5, 5.41) is 0.0881. The number of hydrogen-bond donors (Lipinski definition) is 0. The minimum atomic E-state index is -6.39. The number of rotatable bonds is 13. The second-order valence-corrected chi connectivity index (χ2v) is 27.1. The van der Waals surface area contributed by atoms with E-state index in [0.29, 0.717) is 18.8 Å². The van der Waals surface area contributed by atoms with Crippen LogP contribution in [0.25, 0.3) is 0 Å². The Hall–Kier alpha value is -1.38. The maximum atomic E-state index is 14.8. The van der Waals surface area contributed by atoms with Gasteiger partial charge in [-0.3, -0.25) is 0 Å². The quantitative estimate of drug-likeness (QED) is 0.0869. The van der Waals surface area contributed by atoms with Gasteiger partial charge in [0.05, 0.1) is 13.2 Å². The van der Waals surface area contributed by atoms with E-state index in [2.05, 4.69) is 65.1 Å². The molecule has 0 radical (unpaired) electrons. The van der Waals surface area contributed by atoms with E-state index in [1.165, 1.54) is 30.8 Å². The van der Waals surface area contributed by atoms with Gasteiger partial charge in [-0.25, -0.2) is 0 Å². The van der Waals surface area contributed by atoms with Crippen molar-refractivity contribution in [1.29, 1.82) is 0 Å². The van der Waals surface area contributed by atoms with Crippen molar-refractivity contribution >= 4 is 16.6 Å². The van der Waals surface area contributed by atoms with Crippen LogP contribution in [0.1, 0.15) is 103 Å². The number of hydrogen-bond acceptors (Lipinski definition) is 3. The average molecular weight is 753 g/mol. The van der Waals surface area contributed by atoms with Crippen LogP contribution in [0.4, 0.5) is 30.7 Å². The first kappa shape index (κ1) is 41.4. The van der Waals surface area contributed by atoms with E-state index >= 15 is 0 Å². The molecule has 2 fully saturated rings. The van der Waals surface area contributed by atoms with E-state index in [4.69, 9.17) is 13.6 Å². The predicted octanol–water partition coefficient (Wildman–Crippen LogP) is 12.5. The number of fused-ring (bicyclic) bond motifs is 5. The fraction of sp³-hybridized carbons (Fsp3) is 0.789. The number of ether oxygens (including phenoxy) is 1. The highest BCUT2D eigenvalue weighted by atomic mass is 28.4. The highest BCUT2D eigenvalue weighted by molar-refractivity contribution is 6.74. The van der Waals surface area contributed by atoms with Crippen LogP contribution in [0.15, 0.2) is 30.4 Å². The molecule has 3 nitrogen and oxygen atoms in total. The molecule has 1 aromatic carbocycles. The summed E-state index contributed by atoms with van der Waals surface area (Å²) in [5.41, 5.74) is 2.48. The van der Waals surface area contributed by atoms with E-state index in [1.54, 1.807) is 7.11 Å². The summed E-state index contributed by atoms with van der Waals surface area (Å²) in [7, 11) is -3.24. The maximum absolute atomic E-state index is 14.8. The Morgan fingerprint density at radius 3 is 2.16 bits per heavy atom. The first-order chi connectivity index (χ1) is 22.7. The van der Waals surface area contributed by atoms with Gasteiger partial charge in [-0.1, -0.05) is 52.3 Å². The number of aryl methyl sites for hydroxylation is 1. The maximum Gasteiger partial charge on any atom is 0.459 e. The summed E-state index contributed by atoms with van der Waals surface area (Å²) in [5.74, 6) is -10.1. The lowest BCUT2D eigenvalue weighted by molar-refractivity contribution is -0.369. The monoisotopic (exact) mass is 752 g/mol. The molecule has 2 saturated carbocycles. The number of alkyl halides is 7. The first-order valence-electron chi connectivity index (χ1n) is 18.3. The van der Waals surface area contributed by atoms with E-state index in [9.17, 15) is 30.7 Å². The average Bonchev–Trinajstić information content (AvgIpc) is 3.31. The van der Waals surface area contributed by atoms with Gasteiger partial charge >= 0.3 is 18.0 Å². The fourth-order valence-corrected chi connectivity index (χ4v) is 11.4. The summed E-state index contributed by atoms with van der Waals surface area (Å²) in [6.07, 6.45) is 1.96. The fourth-order valence-electron chi connectivity index (χ4n) is 8.87. The SMILES string of the molecule is COc1ccc2c(c1)CC[C@]1(C=CCCCC[C@@H](O[Si](C)(C)C)C(F)(F)C(F)(F)C(F)(F)F)[C@@H]2CC[C@]2(C)[C@@H](O[Si](C)(C)C(C)(C)C)CC[C@H]21. The van der Waals surface area contributed by atoms with Crippen molar-refractivity contribution in [1.82, 2.24) is 0 Å². The molecule has 3 aliphatic carbocycles. The lowest BCUT2D eigenvalue weighted by Crippen LogP contribution is -2.59. The molecule has 6 atom stereocenters. The molecule has 0 heterocycles. The van der Waals surface area contributed by atoms with Gasteiger partial charge in [0.2, 0.25) is 0 Å². The van der Waals surface area contributed by atoms with Crippen molar-refractivity contribution in [3.63, 3.8) is 0 Å². The Labute approximate surface area is 297 Å². The van der Waals surface area contributed by atoms with Crippen LogP contribution in [0, 0.1) is 16.7 Å². The number of unbranched alkanes of at least 4 members (excludes halogenated alkanes) is 2. The topological polar surface area (TPSA) is 27.7 Å². The molecule has 286 valence electrons. The van der Waals surface area contributed by atoms with Crippen LogP contribution < -0.4 is 4.74 Å². The normalized spacial score (nSPS) is 28.7. The molecule has 0 spiro atoms. The van der Waals surface area contributed by atoms with Gasteiger partial charge in [-0.05, 0) is 141 Å². The zero-order valence-electron chi connectivity index (χ0n) is 31.6. The van der Waals surface area contributed by atoms with E-state index in [0.717, 1.165) is 44.3 Å². The van der Waals surface area contributed by atoms with Crippen molar-refractivity contribution in [3.05, 3.63) is 41.5 Å². The highest BCUT2D eigenvalue weighted by Crippen LogP contribution is 2.68.